The average molecular weight is 170 g/mol. The summed E-state index contributed by atoms with van der Waals surface area (Å²) >= 11 is 0. The van der Waals surface area contributed by atoms with Gasteiger partial charge in [0.1, 0.15) is 5.22 Å². The van der Waals surface area contributed by atoms with Crippen molar-refractivity contribution in [3.8, 4) is 0 Å². The van der Waals surface area contributed by atoms with Gasteiger partial charge in [0.15, 0.2) is 0 Å². The fraction of sp³-hybridized carbons (Fsp3) is 0. The van der Waals surface area contributed by atoms with E-state index in [2.05, 4.69) is 10.6 Å². The summed E-state index contributed by atoms with van der Waals surface area (Å²) in [7, 11) is 0. The molecular formula is C10H8N3. The van der Waals surface area contributed by atoms with Crippen LogP contribution >= 0.6 is 0 Å². The summed E-state index contributed by atoms with van der Waals surface area (Å²) in [6, 6.07) is 13.7. The summed E-state index contributed by atoms with van der Waals surface area (Å²) in [4.78, 5) is 0. The van der Waals surface area contributed by atoms with Crippen LogP contribution in [0.1, 0.15) is 0 Å². The van der Waals surface area contributed by atoms with E-state index in [-0.39, 0.29) is 0 Å². The van der Waals surface area contributed by atoms with Crippen LogP contribution < -0.4 is 10.6 Å². The second-order valence-electron chi connectivity index (χ2n) is 2.74. The van der Waals surface area contributed by atoms with E-state index in [1.54, 1.807) is 0 Å². The Morgan fingerprint density at radius 3 is 2.62 bits per heavy atom. The number of anilines is 1. The highest BCUT2D eigenvalue weighted by Gasteiger charge is 1.96. The summed E-state index contributed by atoms with van der Waals surface area (Å²) in [5.74, 6) is 0. The van der Waals surface area contributed by atoms with Crippen molar-refractivity contribution in [1.29, 1.82) is 0 Å². The van der Waals surface area contributed by atoms with Gasteiger partial charge in [-0.1, -0.05) is 48.0 Å². The van der Waals surface area contributed by atoms with Crippen LogP contribution in [0.15, 0.2) is 42.5 Å². The molecule has 0 fully saturated rings. The number of hydrogen-bond donors (Lipinski definition) is 1. The molecule has 0 heterocycles. The molecule has 63 valence electrons. The van der Waals surface area contributed by atoms with Gasteiger partial charge in [0.25, 0.3) is 0 Å². The molecule has 0 atom stereocenters. The number of fused-ring (bicyclic) bond motifs is 1. The second-order valence-corrected chi connectivity index (χ2v) is 2.74. The number of benzene rings is 2. The molecule has 0 aliphatic carbocycles. The zero-order valence-electron chi connectivity index (χ0n) is 6.94. The third-order valence-electron chi connectivity index (χ3n) is 1.96. The lowest BCUT2D eigenvalue weighted by atomic mass is 10.1. The predicted octanol–water partition coefficient (Wildman–Crippen LogP) is 2.52. The fourth-order valence-electron chi connectivity index (χ4n) is 1.38. The maximum Gasteiger partial charge on any atom is 0.131 e. The van der Waals surface area contributed by atoms with E-state index in [1.807, 2.05) is 42.5 Å². The van der Waals surface area contributed by atoms with Crippen molar-refractivity contribution in [2.24, 2.45) is 0 Å². The van der Waals surface area contributed by atoms with Crippen LogP contribution in [0, 0.1) is 0 Å². The largest absolute Gasteiger partial charge is 0.197 e. The molecule has 0 aliphatic heterocycles. The fourth-order valence-corrected chi connectivity index (χ4v) is 1.38. The van der Waals surface area contributed by atoms with Crippen LogP contribution in [0.25, 0.3) is 16.3 Å². The van der Waals surface area contributed by atoms with Gasteiger partial charge < -0.3 is 0 Å². The van der Waals surface area contributed by atoms with Gasteiger partial charge in [-0.25, -0.2) is 0 Å². The number of hydrogen-bond acceptors (Lipinski definition) is 1. The molecule has 0 amide bonds. The van der Waals surface area contributed by atoms with Gasteiger partial charge in [0, 0.05) is 5.69 Å². The lowest BCUT2D eigenvalue weighted by Gasteiger charge is -2.02. The summed E-state index contributed by atoms with van der Waals surface area (Å²) in [6.45, 7) is 0. The molecule has 0 saturated carbocycles. The molecule has 13 heavy (non-hydrogen) atoms. The van der Waals surface area contributed by atoms with Crippen molar-refractivity contribution in [3.05, 3.63) is 48.0 Å². The van der Waals surface area contributed by atoms with Gasteiger partial charge in [-0.3, -0.25) is 0 Å². The lowest BCUT2D eigenvalue weighted by molar-refractivity contribution is 1.18. The van der Waals surface area contributed by atoms with Gasteiger partial charge in [0.05, 0.1) is 0 Å². The average Bonchev–Trinajstić information content (AvgIpc) is 2.19. The topological polar surface area (TPSA) is 48.4 Å². The molecule has 0 spiro atoms. The van der Waals surface area contributed by atoms with Crippen LogP contribution in [0.2, 0.25) is 0 Å². The molecule has 3 nitrogen and oxygen atoms in total. The van der Waals surface area contributed by atoms with E-state index in [4.69, 9.17) is 5.53 Å². The normalized spacial score (nSPS) is 9.85. The Hall–Kier alpha value is -1.90. The Bertz CT molecular complexity index is 432. The Balaban J connectivity index is 2.68. The third-order valence-corrected chi connectivity index (χ3v) is 1.96. The second kappa shape index (κ2) is 3.23. The van der Waals surface area contributed by atoms with Crippen LogP contribution in [0.5, 0.6) is 0 Å². The highest BCUT2D eigenvalue weighted by molar-refractivity contribution is 5.93. The molecular weight excluding hydrogens is 162 g/mol. The zero-order valence-corrected chi connectivity index (χ0v) is 6.94. The SMILES string of the molecule is [N-]=[N+]Nc1cccc2ccccc12. The molecule has 0 aliphatic rings. The first-order valence-corrected chi connectivity index (χ1v) is 3.99. The van der Waals surface area contributed by atoms with Crippen molar-refractivity contribution in [3.63, 3.8) is 0 Å². The van der Waals surface area contributed by atoms with Crippen LogP contribution in [0.4, 0.5) is 5.69 Å². The minimum absolute atomic E-state index is 0.806. The van der Waals surface area contributed by atoms with Crippen LogP contribution in [-0.2, 0) is 0 Å². The number of nitrogens with zero attached hydrogens (tertiary/aromatic N) is 2. The van der Waals surface area contributed by atoms with E-state index in [9.17, 15) is 0 Å². The van der Waals surface area contributed by atoms with Crippen molar-refractivity contribution in [2.45, 2.75) is 0 Å². The highest BCUT2D eigenvalue weighted by atomic mass is 15.4. The van der Waals surface area contributed by atoms with Gasteiger partial charge in [-0.15, -0.1) is 0 Å². The molecule has 3 heteroatoms. The Kier molecular flexibility index (Phi) is 1.92. The van der Waals surface area contributed by atoms with Crippen molar-refractivity contribution < 1.29 is 0 Å². The molecule has 2 aromatic rings. The van der Waals surface area contributed by atoms with E-state index < -0.39 is 0 Å². The Morgan fingerprint density at radius 1 is 1.00 bits per heavy atom. The zero-order chi connectivity index (χ0) is 9.10. The minimum Gasteiger partial charge on any atom is -0.197 e. The third kappa shape index (κ3) is 1.36. The molecule has 2 rings (SSSR count). The molecule has 0 saturated heterocycles. The quantitative estimate of drug-likeness (QED) is 0.546. The molecule has 0 bridgehead atoms. The van der Waals surface area contributed by atoms with E-state index in [0.29, 0.717) is 0 Å². The van der Waals surface area contributed by atoms with Gasteiger partial charge in [-0.2, -0.15) is 5.43 Å². The van der Waals surface area contributed by atoms with E-state index in [0.717, 1.165) is 16.5 Å². The summed E-state index contributed by atoms with van der Waals surface area (Å²) in [5, 5.41) is 5.07. The van der Waals surface area contributed by atoms with E-state index in [1.165, 1.54) is 0 Å². The van der Waals surface area contributed by atoms with Gasteiger partial charge in [-0.05, 0) is 10.8 Å². The summed E-state index contributed by atoms with van der Waals surface area (Å²) in [6.07, 6.45) is 0. The van der Waals surface area contributed by atoms with Crippen LogP contribution in [-0.4, -0.2) is 0 Å². The molecule has 0 unspecified atom stereocenters. The predicted molar refractivity (Wildman–Crippen MR) is 53.1 cm³/mol. The van der Waals surface area contributed by atoms with Crippen molar-refractivity contribution in [1.82, 2.24) is 5.22 Å². The van der Waals surface area contributed by atoms with E-state index >= 15 is 0 Å². The maximum absolute atomic E-state index is 8.39. The number of nitrogens with one attached hydrogen (secondary N) is 1. The smallest absolute Gasteiger partial charge is 0.131 e. The molecule has 1 N–H and O–H groups in total. The maximum atomic E-state index is 8.39. The summed E-state index contributed by atoms with van der Waals surface area (Å²) < 4.78 is 0. The first kappa shape index (κ1) is 7.73. The van der Waals surface area contributed by atoms with Crippen LogP contribution in [0.3, 0.4) is 0 Å². The molecule has 1 radical (unpaired) electrons. The monoisotopic (exact) mass is 170 g/mol. The lowest BCUT2D eigenvalue weighted by Crippen LogP contribution is -1.97. The summed E-state index contributed by atoms with van der Waals surface area (Å²) in [5.41, 5.74) is 11.7. The minimum atomic E-state index is 0.806. The molecule has 0 aromatic heterocycles. The first-order valence-electron chi connectivity index (χ1n) is 3.99. The Morgan fingerprint density at radius 2 is 1.77 bits per heavy atom. The Labute approximate surface area is 75.9 Å². The molecule has 2 aromatic carbocycles. The van der Waals surface area contributed by atoms with Gasteiger partial charge in [0.2, 0.25) is 0 Å². The number of rotatable bonds is 2. The standard InChI is InChI=1S/C10H8N3/c11-13-12-10-7-3-5-8-4-1-2-6-9(8)10/h1-7H,(H-,11,12). The van der Waals surface area contributed by atoms with Crippen molar-refractivity contribution in [2.75, 3.05) is 5.43 Å². The highest BCUT2D eigenvalue weighted by Crippen LogP contribution is 2.21. The van der Waals surface area contributed by atoms with Gasteiger partial charge >= 0.3 is 0 Å². The van der Waals surface area contributed by atoms with Crippen molar-refractivity contribution >= 4 is 16.5 Å². The first-order chi connectivity index (χ1) is 6.42.